The molecule has 1 saturated carbocycles. The Morgan fingerprint density at radius 3 is 2.57 bits per heavy atom. The number of halogens is 3. The molecule has 8 heteroatoms. The Morgan fingerprint density at radius 1 is 1.21 bits per heavy atom. The van der Waals surface area contributed by atoms with Gasteiger partial charge in [0.15, 0.2) is 5.16 Å². The number of carbonyl (C=O) groups excluding carboxylic acids is 1. The zero-order valence-corrected chi connectivity index (χ0v) is 16.7. The van der Waals surface area contributed by atoms with Gasteiger partial charge in [0.2, 0.25) is 5.91 Å². The zero-order chi connectivity index (χ0) is 20.3. The Labute approximate surface area is 166 Å². The summed E-state index contributed by atoms with van der Waals surface area (Å²) < 4.78 is 41.4. The third kappa shape index (κ3) is 5.10. The maximum Gasteiger partial charge on any atom is 0.393 e. The van der Waals surface area contributed by atoms with Crippen molar-refractivity contribution in [1.82, 2.24) is 14.9 Å². The van der Waals surface area contributed by atoms with E-state index in [1.807, 2.05) is 36.7 Å². The largest absolute Gasteiger partial charge is 0.393 e. The topological polar surface area (TPSA) is 46.9 Å². The van der Waals surface area contributed by atoms with Gasteiger partial charge >= 0.3 is 6.18 Å². The Kier molecular flexibility index (Phi) is 6.37. The minimum atomic E-state index is -4.27. The van der Waals surface area contributed by atoms with Crippen LogP contribution in [-0.2, 0) is 4.79 Å². The van der Waals surface area contributed by atoms with Crippen molar-refractivity contribution in [2.75, 3.05) is 5.75 Å². The van der Waals surface area contributed by atoms with E-state index in [-0.39, 0.29) is 18.1 Å². The van der Waals surface area contributed by atoms with Crippen molar-refractivity contribution in [2.24, 2.45) is 5.92 Å². The summed E-state index contributed by atoms with van der Waals surface area (Å²) in [5.41, 5.74) is 3.18. The van der Waals surface area contributed by atoms with Crippen molar-refractivity contribution >= 4 is 17.7 Å². The summed E-state index contributed by atoms with van der Waals surface area (Å²) in [5.74, 6) is -1.81. The molecule has 1 heterocycles. The number of nitrogens with one attached hydrogen (secondary N) is 1. The predicted molar refractivity (Wildman–Crippen MR) is 104 cm³/mol. The molecule has 0 spiro atoms. The lowest BCUT2D eigenvalue weighted by molar-refractivity contribution is -0.189. The van der Waals surface area contributed by atoms with Gasteiger partial charge in [0.25, 0.3) is 0 Å². The molecular formula is C20H24F3N3OS. The molecule has 2 aromatic rings. The summed E-state index contributed by atoms with van der Waals surface area (Å²) in [7, 11) is 0. The second kappa shape index (κ2) is 8.59. The molecule has 0 saturated heterocycles. The summed E-state index contributed by atoms with van der Waals surface area (Å²) in [6, 6.07) is 5.28. The minimum Gasteiger partial charge on any atom is -0.352 e. The molecule has 1 aliphatic rings. The molecule has 3 rings (SSSR count). The minimum absolute atomic E-state index is 0.0306. The average Bonchev–Trinajstić information content (AvgIpc) is 3.07. The van der Waals surface area contributed by atoms with Gasteiger partial charge in [-0.25, -0.2) is 4.98 Å². The molecule has 152 valence electrons. The van der Waals surface area contributed by atoms with Gasteiger partial charge < -0.3 is 5.32 Å². The lowest BCUT2D eigenvalue weighted by Gasteiger charge is -2.33. The second-order valence-electron chi connectivity index (χ2n) is 7.32. The Morgan fingerprint density at radius 2 is 1.89 bits per heavy atom. The van der Waals surface area contributed by atoms with Crippen LogP contribution in [-0.4, -0.2) is 33.4 Å². The fourth-order valence-electron chi connectivity index (χ4n) is 3.76. The van der Waals surface area contributed by atoms with Crippen LogP contribution in [0.3, 0.4) is 0 Å². The van der Waals surface area contributed by atoms with E-state index in [0.29, 0.717) is 24.4 Å². The van der Waals surface area contributed by atoms with E-state index in [2.05, 4.69) is 16.4 Å². The smallest absolute Gasteiger partial charge is 0.352 e. The van der Waals surface area contributed by atoms with Crippen LogP contribution in [0.25, 0.3) is 5.69 Å². The van der Waals surface area contributed by atoms with Gasteiger partial charge in [-0.05, 0) is 49.9 Å². The Balaban J connectivity index is 1.63. The number of nitrogens with zero attached hydrogens (tertiary/aromatic N) is 2. The molecule has 2 unspecified atom stereocenters. The number of benzene rings is 1. The summed E-state index contributed by atoms with van der Waals surface area (Å²) in [6.07, 6.45) is 0.912. The molecular weight excluding hydrogens is 387 g/mol. The highest BCUT2D eigenvalue weighted by molar-refractivity contribution is 7.99. The number of carbonyl (C=O) groups is 1. The van der Waals surface area contributed by atoms with Crippen molar-refractivity contribution < 1.29 is 18.0 Å². The van der Waals surface area contributed by atoms with Crippen LogP contribution in [0.15, 0.2) is 35.7 Å². The van der Waals surface area contributed by atoms with Gasteiger partial charge in [-0.1, -0.05) is 30.7 Å². The first-order valence-corrected chi connectivity index (χ1v) is 10.3. The lowest BCUT2D eigenvalue weighted by atomic mass is 9.84. The van der Waals surface area contributed by atoms with Crippen LogP contribution in [0.4, 0.5) is 13.2 Å². The molecule has 1 fully saturated rings. The van der Waals surface area contributed by atoms with Gasteiger partial charge in [0.05, 0.1) is 11.7 Å². The molecule has 1 amide bonds. The summed E-state index contributed by atoms with van der Waals surface area (Å²) >= 11 is 1.22. The number of aromatic nitrogens is 2. The molecule has 2 atom stereocenters. The van der Waals surface area contributed by atoms with E-state index in [4.69, 9.17) is 0 Å². The van der Waals surface area contributed by atoms with Gasteiger partial charge in [-0.15, -0.1) is 0 Å². The van der Waals surface area contributed by atoms with E-state index in [9.17, 15) is 18.0 Å². The summed E-state index contributed by atoms with van der Waals surface area (Å²) in [4.78, 5) is 16.6. The van der Waals surface area contributed by atoms with E-state index < -0.39 is 18.1 Å². The fraction of sp³-hybridized carbons (Fsp3) is 0.500. The quantitative estimate of drug-likeness (QED) is 0.718. The zero-order valence-electron chi connectivity index (χ0n) is 15.9. The van der Waals surface area contributed by atoms with Gasteiger partial charge in [-0.3, -0.25) is 9.36 Å². The molecule has 1 aromatic carbocycles. The fourth-order valence-corrected chi connectivity index (χ4v) is 4.54. The Bertz CT molecular complexity index is 814. The summed E-state index contributed by atoms with van der Waals surface area (Å²) in [6.45, 7) is 4.02. The van der Waals surface area contributed by atoms with Crippen molar-refractivity contribution in [3.05, 3.63) is 41.7 Å². The van der Waals surface area contributed by atoms with E-state index in [0.717, 1.165) is 16.8 Å². The third-order valence-corrected chi connectivity index (χ3v) is 5.92. The molecule has 1 N–H and O–H groups in total. The Hall–Kier alpha value is -1.96. The van der Waals surface area contributed by atoms with Crippen molar-refractivity contribution in [3.63, 3.8) is 0 Å². The first kappa shape index (κ1) is 20.8. The molecule has 4 nitrogen and oxygen atoms in total. The van der Waals surface area contributed by atoms with Crippen molar-refractivity contribution in [1.29, 1.82) is 0 Å². The number of hydrogen-bond acceptors (Lipinski definition) is 3. The monoisotopic (exact) mass is 411 g/mol. The third-order valence-electron chi connectivity index (χ3n) is 4.96. The first-order valence-electron chi connectivity index (χ1n) is 9.35. The standard InChI is InChI=1S/C20H24F3N3OS/c1-13-9-14(2)11-15(10-13)26-8-7-24-19(26)28-12-18(27)25-17-6-4-3-5-16(17)20(21,22)23/h7-11,16-17H,3-6,12H2,1-2H3,(H,25,27). The van der Waals surface area contributed by atoms with Crippen LogP contribution in [0, 0.1) is 19.8 Å². The van der Waals surface area contributed by atoms with Crippen LogP contribution < -0.4 is 5.32 Å². The van der Waals surface area contributed by atoms with E-state index in [1.54, 1.807) is 6.20 Å². The van der Waals surface area contributed by atoms with Crippen LogP contribution >= 0.6 is 11.8 Å². The van der Waals surface area contributed by atoms with Gasteiger partial charge in [0.1, 0.15) is 0 Å². The number of aryl methyl sites for hydroxylation is 2. The lowest BCUT2D eigenvalue weighted by Crippen LogP contribution is -2.48. The van der Waals surface area contributed by atoms with Gasteiger partial charge in [0, 0.05) is 24.1 Å². The molecule has 1 aromatic heterocycles. The SMILES string of the molecule is Cc1cc(C)cc(-n2ccnc2SCC(=O)NC2CCCCC2C(F)(F)F)c1. The van der Waals surface area contributed by atoms with Crippen molar-refractivity contribution in [2.45, 2.75) is 56.9 Å². The average molecular weight is 411 g/mol. The maximum absolute atomic E-state index is 13.2. The van der Waals surface area contributed by atoms with Crippen molar-refractivity contribution in [3.8, 4) is 5.69 Å². The predicted octanol–water partition coefficient (Wildman–Crippen LogP) is 4.82. The van der Waals surface area contributed by atoms with Crippen LogP contribution in [0.1, 0.15) is 36.8 Å². The molecule has 0 bridgehead atoms. The number of amides is 1. The highest BCUT2D eigenvalue weighted by Crippen LogP contribution is 2.37. The van der Waals surface area contributed by atoms with Gasteiger partial charge in [-0.2, -0.15) is 13.2 Å². The number of thioether (sulfide) groups is 1. The highest BCUT2D eigenvalue weighted by Gasteiger charge is 2.45. The number of imidazole rings is 1. The first-order chi connectivity index (χ1) is 13.2. The van der Waals surface area contributed by atoms with E-state index >= 15 is 0 Å². The summed E-state index contributed by atoms with van der Waals surface area (Å²) in [5, 5.41) is 3.23. The second-order valence-corrected chi connectivity index (χ2v) is 8.26. The number of rotatable bonds is 5. The van der Waals surface area contributed by atoms with Crippen LogP contribution in [0.2, 0.25) is 0 Å². The van der Waals surface area contributed by atoms with Crippen LogP contribution in [0.5, 0.6) is 0 Å². The molecule has 28 heavy (non-hydrogen) atoms. The maximum atomic E-state index is 13.2. The normalized spacial score (nSPS) is 20.2. The highest BCUT2D eigenvalue weighted by atomic mass is 32.2. The molecule has 0 aliphatic heterocycles. The van der Waals surface area contributed by atoms with E-state index in [1.165, 1.54) is 11.8 Å². The number of hydrogen-bond donors (Lipinski definition) is 1. The number of alkyl halides is 3. The molecule has 1 aliphatic carbocycles. The molecule has 0 radical (unpaired) electrons.